The summed E-state index contributed by atoms with van der Waals surface area (Å²) in [5.41, 5.74) is 0.0760. The van der Waals surface area contributed by atoms with Crippen molar-refractivity contribution < 1.29 is 18.0 Å². The average molecular weight is 349 g/mol. The zero-order chi connectivity index (χ0) is 18.2. The van der Waals surface area contributed by atoms with Gasteiger partial charge in [-0.3, -0.25) is 4.79 Å². The van der Waals surface area contributed by atoms with Crippen LogP contribution in [0.1, 0.15) is 23.5 Å². The molecule has 1 heterocycles. The lowest BCUT2D eigenvalue weighted by Crippen LogP contribution is -2.19. The van der Waals surface area contributed by atoms with Crippen LogP contribution in [0.4, 0.5) is 24.7 Å². The topological polar surface area (TPSA) is 45.2 Å². The fraction of sp³-hybridized carbons (Fsp3) is 0.333. The van der Waals surface area contributed by atoms with Gasteiger partial charge in [-0.15, -0.1) is 0 Å². The highest BCUT2D eigenvalue weighted by Crippen LogP contribution is 2.51. The Morgan fingerprint density at radius 3 is 2.60 bits per heavy atom. The van der Waals surface area contributed by atoms with Gasteiger partial charge in [0.15, 0.2) is 5.82 Å². The van der Waals surface area contributed by atoms with Crippen molar-refractivity contribution >= 4 is 17.4 Å². The number of carbonyl (C=O) groups is 1. The SMILES string of the molecule is CN(C)c1ncccc1NC(=O)[C@@H]1C[C@H]1c1ccccc1C(F)(F)F. The van der Waals surface area contributed by atoms with Crippen molar-refractivity contribution in [1.29, 1.82) is 0 Å². The monoisotopic (exact) mass is 349 g/mol. The van der Waals surface area contributed by atoms with Gasteiger partial charge in [0, 0.05) is 26.2 Å². The molecule has 0 spiro atoms. The zero-order valence-corrected chi connectivity index (χ0v) is 13.8. The highest BCUT2D eigenvalue weighted by Gasteiger charge is 2.47. The molecule has 0 bridgehead atoms. The number of amides is 1. The van der Waals surface area contributed by atoms with Crippen LogP contribution in [0.5, 0.6) is 0 Å². The van der Waals surface area contributed by atoms with Gasteiger partial charge in [-0.2, -0.15) is 13.2 Å². The summed E-state index contributed by atoms with van der Waals surface area (Å²) in [6, 6.07) is 8.88. The number of pyridine rings is 1. The maximum absolute atomic E-state index is 13.1. The van der Waals surface area contributed by atoms with Gasteiger partial charge in [0.25, 0.3) is 0 Å². The number of nitrogens with one attached hydrogen (secondary N) is 1. The molecule has 1 saturated carbocycles. The van der Waals surface area contributed by atoms with Crippen molar-refractivity contribution in [3.05, 3.63) is 53.7 Å². The van der Waals surface area contributed by atoms with Gasteiger partial charge in [-0.25, -0.2) is 4.98 Å². The van der Waals surface area contributed by atoms with E-state index in [0.29, 0.717) is 17.9 Å². The fourth-order valence-corrected chi connectivity index (χ4v) is 2.98. The van der Waals surface area contributed by atoms with E-state index < -0.39 is 23.6 Å². The van der Waals surface area contributed by atoms with Crippen LogP contribution in [0.2, 0.25) is 0 Å². The minimum atomic E-state index is -4.42. The lowest BCUT2D eigenvalue weighted by molar-refractivity contribution is -0.138. The summed E-state index contributed by atoms with van der Waals surface area (Å²) in [7, 11) is 3.61. The van der Waals surface area contributed by atoms with Gasteiger partial charge in [0.05, 0.1) is 11.3 Å². The van der Waals surface area contributed by atoms with Crippen molar-refractivity contribution in [2.75, 3.05) is 24.3 Å². The summed E-state index contributed by atoms with van der Waals surface area (Å²) in [6.07, 6.45) is -2.39. The third kappa shape index (κ3) is 3.60. The van der Waals surface area contributed by atoms with E-state index in [-0.39, 0.29) is 11.5 Å². The van der Waals surface area contributed by atoms with Crippen LogP contribution in [0, 0.1) is 5.92 Å². The maximum atomic E-state index is 13.1. The molecule has 1 aliphatic rings. The minimum absolute atomic E-state index is 0.189. The van der Waals surface area contributed by atoms with Crippen LogP contribution < -0.4 is 10.2 Å². The van der Waals surface area contributed by atoms with Crippen molar-refractivity contribution in [3.8, 4) is 0 Å². The van der Waals surface area contributed by atoms with Crippen molar-refractivity contribution in [1.82, 2.24) is 4.98 Å². The second-order valence-electron chi connectivity index (χ2n) is 6.29. The lowest BCUT2D eigenvalue weighted by atomic mass is 10.0. The van der Waals surface area contributed by atoms with Crippen molar-refractivity contribution in [2.45, 2.75) is 18.5 Å². The quantitative estimate of drug-likeness (QED) is 0.910. The first-order valence-electron chi connectivity index (χ1n) is 7.88. The number of rotatable bonds is 4. The van der Waals surface area contributed by atoms with Crippen molar-refractivity contribution in [2.24, 2.45) is 5.92 Å². The number of hydrogen-bond donors (Lipinski definition) is 1. The van der Waals surface area contributed by atoms with E-state index >= 15 is 0 Å². The summed E-state index contributed by atoms with van der Waals surface area (Å²) in [5, 5.41) is 2.79. The normalized spacial score (nSPS) is 19.4. The molecule has 1 aromatic carbocycles. The minimum Gasteiger partial charge on any atom is -0.361 e. The summed E-state index contributed by atoms with van der Waals surface area (Å²) in [4.78, 5) is 18.4. The molecule has 2 aromatic rings. The standard InChI is InChI=1S/C18H18F3N3O/c1-24(2)16-15(8-5-9-22-16)23-17(25)13-10-12(13)11-6-3-4-7-14(11)18(19,20)21/h3-9,12-13H,10H2,1-2H3,(H,23,25)/t12-,13+/m0/s1. The summed E-state index contributed by atoms with van der Waals surface area (Å²) in [6.45, 7) is 0. The molecule has 132 valence electrons. The predicted octanol–water partition coefficient (Wildman–Crippen LogP) is 3.91. The molecule has 1 N–H and O–H groups in total. The number of halogens is 3. The van der Waals surface area contributed by atoms with Gasteiger partial charge < -0.3 is 10.2 Å². The van der Waals surface area contributed by atoms with E-state index in [2.05, 4.69) is 10.3 Å². The third-order valence-electron chi connectivity index (χ3n) is 4.26. The molecule has 25 heavy (non-hydrogen) atoms. The molecule has 1 aliphatic carbocycles. The molecule has 2 atom stereocenters. The largest absolute Gasteiger partial charge is 0.416 e. The second-order valence-corrected chi connectivity index (χ2v) is 6.29. The molecule has 0 unspecified atom stereocenters. The summed E-state index contributed by atoms with van der Waals surface area (Å²) < 4.78 is 39.4. The Morgan fingerprint density at radius 2 is 1.92 bits per heavy atom. The van der Waals surface area contributed by atoms with Gasteiger partial charge in [0.1, 0.15) is 0 Å². The number of anilines is 2. The molecular weight excluding hydrogens is 331 g/mol. The molecule has 0 saturated heterocycles. The Labute approximate surface area is 143 Å². The average Bonchev–Trinajstić information content (AvgIpc) is 3.35. The number of carbonyl (C=O) groups excluding carboxylic acids is 1. The number of alkyl halides is 3. The van der Waals surface area contributed by atoms with E-state index in [1.54, 1.807) is 43.4 Å². The van der Waals surface area contributed by atoms with Crippen LogP contribution in [-0.4, -0.2) is 25.0 Å². The number of aromatic nitrogens is 1. The molecule has 3 rings (SSSR count). The van der Waals surface area contributed by atoms with Gasteiger partial charge >= 0.3 is 6.18 Å². The van der Waals surface area contributed by atoms with E-state index in [1.165, 1.54) is 12.1 Å². The molecule has 0 radical (unpaired) electrons. The van der Waals surface area contributed by atoms with E-state index in [9.17, 15) is 18.0 Å². The maximum Gasteiger partial charge on any atom is 0.416 e. The van der Waals surface area contributed by atoms with Crippen molar-refractivity contribution in [3.63, 3.8) is 0 Å². The highest BCUT2D eigenvalue weighted by atomic mass is 19.4. The Kier molecular flexibility index (Phi) is 4.41. The van der Waals surface area contributed by atoms with Crippen LogP contribution >= 0.6 is 0 Å². The lowest BCUT2D eigenvalue weighted by Gasteiger charge is -2.16. The Morgan fingerprint density at radius 1 is 1.20 bits per heavy atom. The number of nitrogens with zero attached hydrogens (tertiary/aromatic N) is 2. The highest BCUT2D eigenvalue weighted by molar-refractivity contribution is 5.97. The Hall–Kier alpha value is -2.57. The third-order valence-corrected chi connectivity index (χ3v) is 4.26. The van der Waals surface area contributed by atoms with Crippen LogP contribution in [0.15, 0.2) is 42.6 Å². The van der Waals surface area contributed by atoms with Crippen LogP contribution in [0.3, 0.4) is 0 Å². The van der Waals surface area contributed by atoms with Crippen LogP contribution in [0.25, 0.3) is 0 Å². The first-order chi connectivity index (χ1) is 11.8. The van der Waals surface area contributed by atoms with Gasteiger partial charge in [0.2, 0.25) is 5.91 Å². The zero-order valence-electron chi connectivity index (χ0n) is 13.8. The smallest absolute Gasteiger partial charge is 0.361 e. The van der Waals surface area contributed by atoms with E-state index in [0.717, 1.165) is 6.07 Å². The number of hydrogen-bond acceptors (Lipinski definition) is 3. The predicted molar refractivity (Wildman–Crippen MR) is 89.5 cm³/mol. The second kappa shape index (κ2) is 6.38. The molecular formula is C18H18F3N3O. The van der Waals surface area contributed by atoms with Crippen LogP contribution in [-0.2, 0) is 11.0 Å². The molecule has 4 nitrogen and oxygen atoms in total. The van der Waals surface area contributed by atoms with Gasteiger partial charge in [-0.05, 0) is 36.1 Å². The van der Waals surface area contributed by atoms with E-state index in [4.69, 9.17) is 0 Å². The Balaban J connectivity index is 1.76. The molecule has 0 aliphatic heterocycles. The number of benzene rings is 1. The molecule has 7 heteroatoms. The first kappa shape index (κ1) is 17.3. The fourth-order valence-electron chi connectivity index (χ4n) is 2.98. The molecule has 1 aromatic heterocycles. The molecule has 1 amide bonds. The summed E-state index contributed by atoms with van der Waals surface area (Å²) >= 11 is 0. The van der Waals surface area contributed by atoms with Gasteiger partial charge in [-0.1, -0.05) is 18.2 Å². The first-order valence-corrected chi connectivity index (χ1v) is 7.88. The summed E-state index contributed by atoms with van der Waals surface area (Å²) in [5.74, 6) is -0.544. The van der Waals surface area contributed by atoms with E-state index in [1.807, 2.05) is 0 Å². The molecule has 1 fully saturated rings. The Bertz CT molecular complexity index is 789.